The number of aldehydes is 1. The molecule has 2 nitrogen and oxygen atoms in total. The largest absolute Gasteiger partial charge is 0.457 e. The predicted molar refractivity (Wildman–Crippen MR) is 66.4 cm³/mol. The Morgan fingerprint density at radius 1 is 0.875 bits per heavy atom. The van der Waals surface area contributed by atoms with Crippen LogP contribution in [0.25, 0.3) is 0 Å². The average Bonchev–Trinajstić information content (AvgIpc) is 2.56. The molecule has 1 aromatic heterocycles. The van der Waals surface area contributed by atoms with Gasteiger partial charge in [0.2, 0.25) is 0 Å². The first kappa shape index (κ1) is 13.0. The van der Waals surface area contributed by atoms with Crippen LogP contribution in [0.5, 0.6) is 0 Å². The highest BCUT2D eigenvalue weighted by Crippen LogP contribution is 2.37. The van der Waals surface area contributed by atoms with Crippen molar-refractivity contribution in [2.75, 3.05) is 0 Å². The van der Waals surface area contributed by atoms with E-state index in [1.165, 1.54) is 5.56 Å². The first-order valence-corrected chi connectivity index (χ1v) is 6.01. The minimum atomic E-state index is 0.323. The van der Waals surface area contributed by atoms with Crippen molar-refractivity contribution < 1.29 is 9.21 Å². The zero-order valence-corrected chi connectivity index (χ0v) is 11.1. The SMILES string of the molecule is CC(C)c1oc(C=O)c(C(C)C)c1C(C)C. The van der Waals surface area contributed by atoms with Crippen molar-refractivity contribution in [2.45, 2.75) is 59.3 Å². The maximum Gasteiger partial charge on any atom is 0.185 e. The van der Waals surface area contributed by atoms with Crippen LogP contribution in [0.3, 0.4) is 0 Å². The van der Waals surface area contributed by atoms with E-state index in [1.807, 2.05) is 0 Å². The topological polar surface area (TPSA) is 30.2 Å². The molecule has 0 aliphatic carbocycles. The number of furan rings is 1. The van der Waals surface area contributed by atoms with Crippen molar-refractivity contribution in [3.63, 3.8) is 0 Å². The van der Waals surface area contributed by atoms with Crippen LogP contribution in [0.15, 0.2) is 4.42 Å². The monoisotopic (exact) mass is 222 g/mol. The summed E-state index contributed by atoms with van der Waals surface area (Å²) in [5.41, 5.74) is 2.32. The van der Waals surface area contributed by atoms with Crippen LogP contribution in [0.4, 0.5) is 0 Å². The van der Waals surface area contributed by atoms with Crippen LogP contribution < -0.4 is 0 Å². The molecule has 1 heterocycles. The molecule has 0 fully saturated rings. The molecule has 0 aliphatic rings. The van der Waals surface area contributed by atoms with Crippen LogP contribution >= 0.6 is 0 Å². The van der Waals surface area contributed by atoms with E-state index in [9.17, 15) is 4.79 Å². The molecule has 0 spiro atoms. The standard InChI is InChI=1S/C14H22O2/c1-8(2)12-11(7-15)16-14(10(5)6)13(12)9(3)4/h7-10H,1-6H3. The highest BCUT2D eigenvalue weighted by atomic mass is 16.3. The van der Waals surface area contributed by atoms with Gasteiger partial charge < -0.3 is 4.42 Å². The van der Waals surface area contributed by atoms with Crippen molar-refractivity contribution in [2.24, 2.45) is 0 Å². The Kier molecular flexibility index (Phi) is 3.95. The maximum atomic E-state index is 11.0. The Morgan fingerprint density at radius 3 is 1.69 bits per heavy atom. The molecule has 0 unspecified atom stereocenters. The van der Waals surface area contributed by atoms with Gasteiger partial charge in [-0.1, -0.05) is 41.5 Å². The van der Waals surface area contributed by atoms with Gasteiger partial charge in [-0.15, -0.1) is 0 Å². The van der Waals surface area contributed by atoms with Gasteiger partial charge in [-0.3, -0.25) is 4.79 Å². The molecule has 1 aromatic rings. The summed E-state index contributed by atoms with van der Waals surface area (Å²) in [6.45, 7) is 12.7. The molecule has 0 N–H and O–H groups in total. The lowest BCUT2D eigenvalue weighted by Crippen LogP contribution is -2.00. The molecule has 0 amide bonds. The average molecular weight is 222 g/mol. The summed E-state index contributed by atoms with van der Waals surface area (Å²) >= 11 is 0. The lowest BCUT2D eigenvalue weighted by atomic mass is 9.89. The van der Waals surface area contributed by atoms with Crippen molar-refractivity contribution >= 4 is 6.29 Å². The molecule has 0 bridgehead atoms. The lowest BCUT2D eigenvalue weighted by molar-refractivity contribution is 0.109. The van der Waals surface area contributed by atoms with Gasteiger partial charge in [0.15, 0.2) is 12.0 Å². The number of hydrogen-bond donors (Lipinski definition) is 0. The summed E-state index contributed by atoms with van der Waals surface area (Å²) in [4.78, 5) is 11.0. The Bertz CT molecular complexity index is 370. The molecular formula is C14H22O2. The quantitative estimate of drug-likeness (QED) is 0.704. The van der Waals surface area contributed by atoms with Crippen molar-refractivity contribution in [3.05, 3.63) is 22.6 Å². The predicted octanol–water partition coefficient (Wildman–Crippen LogP) is 4.46. The third-order valence-electron chi connectivity index (χ3n) is 2.83. The number of carbonyl (C=O) groups is 1. The fraction of sp³-hybridized carbons (Fsp3) is 0.643. The van der Waals surface area contributed by atoms with Crippen molar-refractivity contribution in [1.29, 1.82) is 0 Å². The van der Waals surface area contributed by atoms with Gasteiger partial charge in [0.25, 0.3) is 0 Å². The Hall–Kier alpha value is -1.05. The summed E-state index contributed by atoms with van der Waals surface area (Å²) in [5, 5.41) is 0. The van der Waals surface area contributed by atoms with Gasteiger partial charge in [-0.05, 0) is 11.8 Å². The first-order chi connectivity index (χ1) is 7.40. The molecular weight excluding hydrogens is 200 g/mol. The van der Waals surface area contributed by atoms with Crippen LogP contribution in [0.2, 0.25) is 0 Å². The van der Waals surface area contributed by atoms with Gasteiger partial charge >= 0.3 is 0 Å². The zero-order valence-electron chi connectivity index (χ0n) is 11.1. The summed E-state index contributed by atoms with van der Waals surface area (Å²) in [6, 6.07) is 0. The third kappa shape index (κ3) is 2.21. The van der Waals surface area contributed by atoms with Gasteiger partial charge in [0, 0.05) is 17.0 Å². The van der Waals surface area contributed by atoms with E-state index < -0.39 is 0 Å². The molecule has 0 atom stereocenters. The minimum absolute atomic E-state index is 0.323. The molecule has 1 rings (SSSR count). The number of hydrogen-bond acceptors (Lipinski definition) is 2. The van der Waals surface area contributed by atoms with Crippen LogP contribution in [-0.2, 0) is 0 Å². The summed E-state index contributed by atoms with van der Waals surface area (Å²) < 4.78 is 5.71. The van der Waals surface area contributed by atoms with Crippen LogP contribution in [0, 0.1) is 0 Å². The second-order valence-electron chi connectivity index (χ2n) is 5.24. The molecule has 16 heavy (non-hydrogen) atoms. The first-order valence-electron chi connectivity index (χ1n) is 6.01. The zero-order chi connectivity index (χ0) is 12.5. The molecule has 0 saturated heterocycles. The van der Waals surface area contributed by atoms with E-state index in [-0.39, 0.29) is 0 Å². The Balaban J connectivity index is 3.48. The van der Waals surface area contributed by atoms with Gasteiger partial charge in [0.1, 0.15) is 5.76 Å². The highest BCUT2D eigenvalue weighted by molar-refractivity contribution is 5.75. The molecule has 0 saturated carbocycles. The molecule has 2 heteroatoms. The molecule has 0 aliphatic heterocycles. The summed E-state index contributed by atoms with van der Waals surface area (Å²) in [7, 11) is 0. The van der Waals surface area contributed by atoms with E-state index in [2.05, 4.69) is 41.5 Å². The molecule has 90 valence electrons. The molecule has 0 radical (unpaired) electrons. The van der Waals surface area contributed by atoms with E-state index >= 15 is 0 Å². The second-order valence-corrected chi connectivity index (χ2v) is 5.24. The van der Waals surface area contributed by atoms with Crippen molar-refractivity contribution in [1.82, 2.24) is 0 Å². The smallest absolute Gasteiger partial charge is 0.185 e. The Morgan fingerprint density at radius 2 is 1.38 bits per heavy atom. The highest BCUT2D eigenvalue weighted by Gasteiger charge is 2.25. The summed E-state index contributed by atoms with van der Waals surface area (Å²) in [5.74, 6) is 2.54. The second kappa shape index (κ2) is 4.86. The van der Waals surface area contributed by atoms with Gasteiger partial charge in [0.05, 0.1) is 0 Å². The van der Waals surface area contributed by atoms with E-state index in [0.29, 0.717) is 23.5 Å². The van der Waals surface area contributed by atoms with Crippen molar-refractivity contribution in [3.8, 4) is 0 Å². The maximum absolute atomic E-state index is 11.0. The molecule has 0 aromatic carbocycles. The lowest BCUT2D eigenvalue weighted by Gasteiger charge is -2.13. The Labute approximate surface area is 98.0 Å². The van der Waals surface area contributed by atoms with Crippen LogP contribution in [0.1, 0.15) is 86.7 Å². The normalized spacial score (nSPS) is 11.8. The fourth-order valence-corrected chi connectivity index (χ4v) is 2.20. The minimum Gasteiger partial charge on any atom is -0.457 e. The summed E-state index contributed by atoms with van der Waals surface area (Å²) in [6.07, 6.45) is 0.840. The third-order valence-corrected chi connectivity index (χ3v) is 2.83. The van der Waals surface area contributed by atoms with Crippen LogP contribution in [-0.4, -0.2) is 6.29 Å². The van der Waals surface area contributed by atoms with E-state index in [4.69, 9.17) is 4.42 Å². The van der Waals surface area contributed by atoms with E-state index in [0.717, 1.165) is 17.6 Å². The van der Waals surface area contributed by atoms with E-state index in [1.54, 1.807) is 0 Å². The van der Waals surface area contributed by atoms with Gasteiger partial charge in [-0.2, -0.15) is 0 Å². The number of rotatable bonds is 4. The van der Waals surface area contributed by atoms with Gasteiger partial charge in [-0.25, -0.2) is 0 Å². The fourth-order valence-electron chi connectivity index (χ4n) is 2.20. The number of carbonyl (C=O) groups excluding carboxylic acids is 1.